The van der Waals surface area contributed by atoms with Gasteiger partial charge in [-0.05, 0) is 42.7 Å². The quantitative estimate of drug-likeness (QED) is 0.560. The minimum atomic E-state index is -0.661. The van der Waals surface area contributed by atoms with E-state index in [0.717, 1.165) is 11.3 Å². The summed E-state index contributed by atoms with van der Waals surface area (Å²) in [5.74, 6) is -0.311. The number of hydrogen-bond donors (Lipinski definition) is 3. The Hall–Kier alpha value is -3.68. The summed E-state index contributed by atoms with van der Waals surface area (Å²) >= 11 is 0. The summed E-state index contributed by atoms with van der Waals surface area (Å²) in [6.45, 7) is 5.69. The van der Waals surface area contributed by atoms with Gasteiger partial charge in [-0.3, -0.25) is 4.79 Å². The number of carbonyl (C=O) groups excluding carboxylic acids is 2. The molecule has 0 aliphatic rings. The minimum Gasteiger partial charge on any atom is -0.348 e. The highest BCUT2D eigenvalue weighted by Crippen LogP contribution is 2.16. The molecule has 1 aromatic heterocycles. The molecular formula is C22H26N6O2. The lowest BCUT2D eigenvalue weighted by Crippen LogP contribution is -2.51. The fourth-order valence-electron chi connectivity index (χ4n) is 3.01. The summed E-state index contributed by atoms with van der Waals surface area (Å²) < 4.78 is 1.66. The SMILES string of the molecule is CC(C)[C@@H](NC(=O)Nc1ccccc1)C(=O)N[C@@H](C)c1ccc(-n2cncn2)cc1. The summed E-state index contributed by atoms with van der Waals surface area (Å²) in [6, 6.07) is 15.5. The third-order valence-electron chi connectivity index (χ3n) is 4.70. The van der Waals surface area contributed by atoms with E-state index in [4.69, 9.17) is 0 Å². The predicted molar refractivity (Wildman–Crippen MR) is 115 cm³/mol. The van der Waals surface area contributed by atoms with Crippen LogP contribution in [0.3, 0.4) is 0 Å². The van der Waals surface area contributed by atoms with Gasteiger partial charge in [-0.1, -0.05) is 44.2 Å². The van der Waals surface area contributed by atoms with E-state index in [1.54, 1.807) is 23.1 Å². The van der Waals surface area contributed by atoms with Gasteiger partial charge in [-0.15, -0.1) is 0 Å². The molecule has 0 saturated heterocycles. The van der Waals surface area contributed by atoms with E-state index in [9.17, 15) is 9.59 Å². The molecule has 3 N–H and O–H groups in total. The lowest BCUT2D eigenvalue weighted by Gasteiger charge is -2.24. The van der Waals surface area contributed by atoms with Crippen molar-refractivity contribution in [3.63, 3.8) is 0 Å². The van der Waals surface area contributed by atoms with Crippen molar-refractivity contribution < 1.29 is 9.59 Å². The fraction of sp³-hybridized carbons (Fsp3) is 0.273. The summed E-state index contributed by atoms with van der Waals surface area (Å²) in [5, 5.41) is 12.6. The number of rotatable bonds is 7. The summed E-state index contributed by atoms with van der Waals surface area (Å²) in [6.07, 6.45) is 3.10. The number of benzene rings is 2. The van der Waals surface area contributed by atoms with Gasteiger partial charge in [0.1, 0.15) is 18.7 Å². The second-order valence-corrected chi connectivity index (χ2v) is 7.35. The standard InChI is InChI=1S/C22H26N6O2/c1-15(2)20(27-22(30)26-18-7-5-4-6-8-18)21(29)25-16(3)17-9-11-19(12-10-17)28-14-23-13-24-28/h4-16,20H,1-3H3,(H,25,29)(H2,26,27,30)/t16-,20+/m0/s1. The molecule has 156 valence electrons. The van der Waals surface area contributed by atoms with Crippen LogP contribution in [-0.4, -0.2) is 32.7 Å². The van der Waals surface area contributed by atoms with Gasteiger partial charge in [0.2, 0.25) is 5.91 Å². The van der Waals surface area contributed by atoms with Crippen molar-refractivity contribution in [2.45, 2.75) is 32.9 Å². The van der Waals surface area contributed by atoms with Gasteiger partial charge in [0, 0.05) is 5.69 Å². The number of nitrogens with zero attached hydrogens (tertiary/aromatic N) is 3. The topological polar surface area (TPSA) is 101 Å². The molecule has 1 heterocycles. The minimum absolute atomic E-state index is 0.0755. The smallest absolute Gasteiger partial charge is 0.319 e. The number of carbonyl (C=O) groups is 2. The van der Waals surface area contributed by atoms with E-state index >= 15 is 0 Å². The molecule has 30 heavy (non-hydrogen) atoms. The van der Waals surface area contributed by atoms with Crippen molar-refractivity contribution in [2.24, 2.45) is 5.92 Å². The monoisotopic (exact) mass is 406 g/mol. The summed E-state index contributed by atoms with van der Waals surface area (Å²) in [7, 11) is 0. The molecule has 0 saturated carbocycles. The van der Waals surface area contributed by atoms with Gasteiger partial charge in [0.25, 0.3) is 0 Å². The van der Waals surface area contributed by atoms with Crippen molar-refractivity contribution in [3.05, 3.63) is 72.8 Å². The highest BCUT2D eigenvalue weighted by Gasteiger charge is 2.25. The number of para-hydroxylation sites is 1. The van der Waals surface area contributed by atoms with Crippen molar-refractivity contribution in [1.29, 1.82) is 0 Å². The molecule has 0 aliphatic heterocycles. The maximum atomic E-state index is 12.8. The molecule has 0 unspecified atom stereocenters. The number of anilines is 1. The molecule has 3 amide bonds. The van der Waals surface area contributed by atoms with Gasteiger partial charge in [0.05, 0.1) is 11.7 Å². The van der Waals surface area contributed by atoms with Crippen LogP contribution in [0, 0.1) is 5.92 Å². The Bertz CT molecular complexity index is 955. The molecule has 0 aliphatic carbocycles. The molecular weight excluding hydrogens is 380 g/mol. The number of amides is 3. The second kappa shape index (κ2) is 9.69. The third kappa shape index (κ3) is 5.44. The Kier molecular flexibility index (Phi) is 6.79. The Morgan fingerprint density at radius 1 is 0.933 bits per heavy atom. The third-order valence-corrected chi connectivity index (χ3v) is 4.70. The van der Waals surface area contributed by atoms with Crippen molar-refractivity contribution in [3.8, 4) is 5.69 Å². The van der Waals surface area contributed by atoms with Gasteiger partial charge >= 0.3 is 6.03 Å². The van der Waals surface area contributed by atoms with Crippen molar-refractivity contribution in [1.82, 2.24) is 25.4 Å². The predicted octanol–water partition coefficient (Wildman–Crippen LogP) is 3.29. The number of aromatic nitrogens is 3. The Morgan fingerprint density at radius 3 is 2.23 bits per heavy atom. The Balaban J connectivity index is 1.60. The fourth-order valence-corrected chi connectivity index (χ4v) is 3.01. The first-order valence-corrected chi connectivity index (χ1v) is 9.82. The molecule has 8 nitrogen and oxygen atoms in total. The zero-order valence-electron chi connectivity index (χ0n) is 17.2. The molecule has 0 spiro atoms. The van der Waals surface area contributed by atoms with Crippen LogP contribution in [0.1, 0.15) is 32.4 Å². The summed E-state index contributed by atoms with van der Waals surface area (Å²) in [4.78, 5) is 29.1. The first kappa shape index (κ1) is 21.0. The van der Waals surface area contributed by atoms with Crippen LogP contribution in [0.4, 0.5) is 10.5 Å². The van der Waals surface area contributed by atoms with Crippen LogP contribution in [0.2, 0.25) is 0 Å². The maximum absolute atomic E-state index is 12.8. The van der Waals surface area contributed by atoms with Gasteiger partial charge < -0.3 is 16.0 Å². The highest BCUT2D eigenvalue weighted by molar-refractivity contribution is 5.93. The average molecular weight is 406 g/mol. The van der Waals surface area contributed by atoms with Crippen molar-refractivity contribution in [2.75, 3.05) is 5.32 Å². The van der Waals surface area contributed by atoms with Crippen LogP contribution in [0.15, 0.2) is 67.3 Å². The lowest BCUT2D eigenvalue weighted by molar-refractivity contribution is -0.124. The number of hydrogen-bond acceptors (Lipinski definition) is 4. The number of nitrogens with one attached hydrogen (secondary N) is 3. The normalized spacial score (nSPS) is 12.8. The van der Waals surface area contributed by atoms with Crippen LogP contribution in [-0.2, 0) is 4.79 Å². The van der Waals surface area contributed by atoms with E-state index in [0.29, 0.717) is 5.69 Å². The number of urea groups is 1. The highest BCUT2D eigenvalue weighted by atomic mass is 16.2. The van der Waals surface area contributed by atoms with E-state index in [1.165, 1.54) is 6.33 Å². The largest absolute Gasteiger partial charge is 0.348 e. The molecule has 0 radical (unpaired) electrons. The van der Waals surface area contributed by atoms with Crippen molar-refractivity contribution >= 4 is 17.6 Å². The molecule has 3 rings (SSSR count). The zero-order chi connectivity index (χ0) is 21.5. The molecule has 2 aromatic carbocycles. The summed E-state index contributed by atoms with van der Waals surface area (Å²) in [5.41, 5.74) is 2.50. The maximum Gasteiger partial charge on any atom is 0.319 e. The molecule has 8 heteroatoms. The van der Waals surface area contributed by atoms with Gasteiger partial charge in [-0.2, -0.15) is 5.10 Å². The Morgan fingerprint density at radius 2 is 1.63 bits per heavy atom. The lowest BCUT2D eigenvalue weighted by atomic mass is 10.0. The second-order valence-electron chi connectivity index (χ2n) is 7.35. The van der Waals surface area contributed by atoms with E-state index < -0.39 is 12.1 Å². The average Bonchev–Trinajstić information content (AvgIpc) is 3.27. The first-order valence-electron chi connectivity index (χ1n) is 9.82. The van der Waals surface area contributed by atoms with E-state index in [1.807, 2.05) is 63.2 Å². The molecule has 0 bridgehead atoms. The molecule has 3 aromatic rings. The zero-order valence-corrected chi connectivity index (χ0v) is 17.2. The van der Waals surface area contributed by atoms with Crippen LogP contribution >= 0.6 is 0 Å². The first-order chi connectivity index (χ1) is 14.4. The Labute approximate surface area is 175 Å². The van der Waals surface area contributed by atoms with E-state index in [2.05, 4.69) is 26.0 Å². The van der Waals surface area contributed by atoms with Gasteiger partial charge in [0.15, 0.2) is 0 Å². The molecule has 0 fully saturated rings. The van der Waals surface area contributed by atoms with Crippen LogP contribution in [0.5, 0.6) is 0 Å². The van der Waals surface area contributed by atoms with Crippen LogP contribution in [0.25, 0.3) is 5.69 Å². The van der Waals surface area contributed by atoms with Crippen LogP contribution < -0.4 is 16.0 Å². The van der Waals surface area contributed by atoms with E-state index in [-0.39, 0.29) is 17.9 Å². The van der Waals surface area contributed by atoms with Gasteiger partial charge in [-0.25, -0.2) is 14.5 Å². The molecule has 2 atom stereocenters.